The van der Waals surface area contributed by atoms with E-state index in [0.717, 1.165) is 33.3 Å². The highest BCUT2D eigenvalue weighted by Gasteiger charge is 2.42. The van der Waals surface area contributed by atoms with Gasteiger partial charge in [-0.1, -0.05) is 48.5 Å². The van der Waals surface area contributed by atoms with Gasteiger partial charge in [-0.2, -0.15) is 0 Å². The van der Waals surface area contributed by atoms with E-state index in [-0.39, 0.29) is 24.4 Å². The lowest BCUT2D eigenvalue weighted by molar-refractivity contribution is -0.122. The molecule has 1 N–H and O–H groups in total. The van der Waals surface area contributed by atoms with Crippen LogP contribution in [0.4, 0.5) is 0 Å². The highest BCUT2D eigenvalue weighted by molar-refractivity contribution is 6.07. The summed E-state index contributed by atoms with van der Waals surface area (Å²) in [4.78, 5) is 28.4. The number of nitrogens with one attached hydrogen (secondary N) is 1. The molecule has 0 saturated carbocycles. The Morgan fingerprint density at radius 3 is 2.40 bits per heavy atom. The SMILES string of the molecule is COc1ccc([C@@H]2c3c(n(C)c4ccccc34)C(=O)N2CC(=O)NCc2ccccc2OC)cc1. The van der Waals surface area contributed by atoms with Crippen molar-refractivity contribution in [2.45, 2.75) is 12.6 Å². The molecule has 35 heavy (non-hydrogen) atoms. The summed E-state index contributed by atoms with van der Waals surface area (Å²) in [7, 11) is 5.12. The maximum atomic E-state index is 13.7. The highest BCUT2D eigenvalue weighted by Crippen LogP contribution is 2.44. The van der Waals surface area contributed by atoms with E-state index < -0.39 is 0 Å². The average molecular weight is 470 g/mol. The fourth-order valence-corrected chi connectivity index (χ4v) is 4.92. The molecule has 7 nitrogen and oxygen atoms in total. The predicted octanol–water partition coefficient (Wildman–Crippen LogP) is 4.06. The number of benzene rings is 3. The van der Waals surface area contributed by atoms with E-state index in [0.29, 0.717) is 18.0 Å². The maximum Gasteiger partial charge on any atom is 0.272 e. The Bertz CT molecular complexity index is 1410. The molecule has 0 radical (unpaired) electrons. The second-order valence-corrected chi connectivity index (χ2v) is 8.54. The third kappa shape index (κ3) is 3.89. The molecule has 0 bridgehead atoms. The first-order valence-electron chi connectivity index (χ1n) is 11.4. The summed E-state index contributed by atoms with van der Waals surface area (Å²) >= 11 is 0. The number of fused-ring (bicyclic) bond motifs is 3. The van der Waals surface area contributed by atoms with E-state index in [9.17, 15) is 9.59 Å². The van der Waals surface area contributed by atoms with Gasteiger partial charge < -0.3 is 24.3 Å². The first kappa shape index (κ1) is 22.5. The van der Waals surface area contributed by atoms with E-state index in [4.69, 9.17) is 9.47 Å². The molecule has 5 rings (SSSR count). The van der Waals surface area contributed by atoms with Gasteiger partial charge in [0.1, 0.15) is 23.7 Å². The lowest BCUT2D eigenvalue weighted by Gasteiger charge is -2.26. The molecule has 2 amide bonds. The number of rotatable bonds is 7. The monoisotopic (exact) mass is 469 g/mol. The standard InChI is InChI=1S/C28H27N3O4/c1-30-22-10-6-5-9-21(22)25-26(18-12-14-20(34-2)15-13-18)31(28(33)27(25)30)17-24(32)29-16-19-8-4-7-11-23(19)35-3/h4-15,26H,16-17H2,1-3H3,(H,29,32)/t26-/m1/s1. The second kappa shape index (κ2) is 9.18. The van der Waals surface area contributed by atoms with Crippen molar-refractivity contribution in [1.82, 2.24) is 14.8 Å². The second-order valence-electron chi connectivity index (χ2n) is 8.54. The summed E-state index contributed by atoms with van der Waals surface area (Å²) in [5, 5.41) is 3.95. The van der Waals surface area contributed by atoms with E-state index in [1.807, 2.05) is 84.4 Å². The van der Waals surface area contributed by atoms with Crippen LogP contribution >= 0.6 is 0 Å². The van der Waals surface area contributed by atoms with E-state index in [1.165, 1.54) is 0 Å². The zero-order chi connectivity index (χ0) is 24.5. The van der Waals surface area contributed by atoms with Crippen LogP contribution in [0, 0.1) is 0 Å². The molecule has 0 fully saturated rings. The summed E-state index contributed by atoms with van der Waals surface area (Å²) in [5.74, 6) is 1.05. The van der Waals surface area contributed by atoms with Crippen molar-refractivity contribution in [1.29, 1.82) is 0 Å². The number of hydrogen-bond acceptors (Lipinski definition) is 4. The Balaban J connectivity index is 1.48. The van der Waals surface area contributed by atoms with Gasteiger partial charge in [0.05, 0.1) is 20.3 Å². The van der Waals surface area contributed by atoms with Crippen molar-refractivity contribution in [2.24, 2.45) is 7.05 Å². The molecule has 1 aromatic heterocycles. The number of hydrogen-bond donors (Lipinski definition) is 1. The fourth-order valence-electron chi connectivity index (χ4n) is 4.92. The minimum Gasteiger partial charge on any atom is -0.497 e. The largest absolute Gasteiger partial charge is 0.497 e. The minimum atomic E-state index is -0.383. The quantitative estimate of drug-likeness (QED) is 0.443. The van der Waals surface area contributed by atoms with Crippen LogP contribution in [0.15, 0.2) is 72.8 Å². The van der Waals surface area contributed by atoms with Crippen LogP contribution in [-0.4, -0.2) is 42.0 Å². The van der Waals surface area contributed by atoms with Crippen molar-refractivity contribution >= 4 is 22.7 Å². The first-order chi connectivity index (χ1) is 17.0. The summed E-state index contributed by atoms with van der Waals surface area (Å²) in [6.45, 7) is 0.252. The molecule has 0 aliphatic carbocycles. The fraction of sp³-hybridized carbons (Fsp3) is 0.214. The van der Waals surface area contributed by atoms with Gasteiger partial charge in [0.25, 0.3) is 5.91 Å². The number of ether oxygens (including phenoxy) is 2. The molecular weight excluding hydrogens is 442 g/mol. The molecule has 0 spiro atoms. The number of carbonyl (C=O) groups is 2. The van der Waals surface area contributed by atoms with Crippen molar-refractivity contribution in [3.05, 3.63) is 95.2 Å². The number of para-hydroxylation sites is 2. The molecule has 178 valence electrons. The van der Waals surface area contributed by atoms with Gasteiger partial charge in [-0.05, 0) is 29.8 Å². The van der Waals surface area contributed by atoms with Crippen LogP contribution in [0.1, 0.15) is 33.2 Å². The van der Waals surface area contributed by atoms with Crippen LogP contribution < -0.4 is 14.8 Å². The molecule has 1 atom stereocenters. The van der Waals surface area contributed by atoms with Gasteiger partial charge in [-0.15, -0.1) is 0 Å². The number of carbonyl (C=O) groups excluding carboxylic acids is 2. The van der Waals surface area contributed by atoms with Gasteiger partial charge in [0.2, 0.25) is 5.91 Å². The van der Waals surface area contributed by atoms with Gasteiger partial charge in [-0.25, -0.2) is 0 Å². The predicted molar refractivity (Wildman–Crippen MR) is 134 cm³/mol. The molecular formula is C28H27N3O4. The average Bonchev–Trinajstić information content (AvgIpc) is 3.35. The first-order valence-corrected chi connectivity index (χ1v) is 11.4. The molecule has 0 saturated heterocycles. The van der Waals surface area contributed by atoms with E-state index in [2.05, 4.69) is 5.32 Å². The molecule has 1 aliphatic heterocycles. The zero-order valence-electron chi connectivity index (χ0n) is 19.9. The Kier molecular flexibility index (Phi) is 5.91. The molecule has 0 unspecified atom stereocenters. The molecule has 1 aliphatic rings. The van der Waals surface area contributed by atoms with Gasteiger partial charge in [0.15, 0.2) is 0 Å². The summed E-state index contributed by atoms with van der Waals surface area (Å²) in [5.41, 5.74) is 4.33. The van der Waals surface area contributed by atoms with Gasteiger partial charge >= 0.3 is 0 Å². The van der Waals surface area contributed by atoms with Crippen LogP contribution in [0.5, 0.6) is 11.5 Å². The Morgan fingerprint density at radius 2 is 1.66 bits per heavy atom. The Morgan fingerprint density at radius 1 is 0.943 bits per heavy atom. The van der Waals surface area contributed by atoms with Crippen molar-refractivity contribution < 1.29 is 19.1 Å². The normalized spacial score (nSPS) is 14.8. The van der Waals surface area contributed by atoms with Crippen LogP contribution in [-0.2, 0) is 18.4 Å². The van der Waals surface area contributed by atoms with Crippen LogP contribution in [0.25, 0.3) is 10.9 Å². The number of aryl methyl sites for hydroxylation is 1. The van der Waals surface area contributed by atoms with E-state index >= 15 is 0 Å². The van der Waals surface area contributed by atoms with Gasteiger partial charge in [-0.3, -0.25) is 9.59 Å². The summed E-state index contributed by atoms with van der Waals surface area (Å²) < 4.78 is 12.6. The number of nitrogens with zero attached hydrogens (tertiary/aromatic N) is 2. The van der Waals surface area contributed by atoms with Crippen molar-refractivity contribution in [2.75, 3.05) is 20.8 Å². The molecule has 4 aromatic rings. The number of amides is 2. The summed E-state index contributed by atoms with van der Waals surface area (Å²) in [6.07, 6.45) is 0. The summed E-state index contributed by atoms with van der Waals surface area (Å²) in [6, 6.07) is 22.8. The van der Waals surface area contributed by atoms with Gasteiger partial charge in [0, 0.05) is 35.6 Å². The third-order valence-electron chi connectivity index (χ3n) is 6.61. The smallest absolute Gasteiger partial charge is 0.272 e. The molecule has 7 heteroatoms. The van der Waals surface area contributed by atoms with Crippen molar-refractivity contribution in [3.63, 3.8) is 0 Å². The lowest BCUT2D eigenvalue weighted by Crippen LogP contribution is -2.39. The van der Waals surface area contributed by atoms with E-state index in [1.54, 1.807) is 19.1 Å². The zero-order valence-corrected chi connectivity index (χ0v) is 19.9. The van der Waals surface area contributed by atoms with Crippen molar-refractivity contribution in [3.8, 4) is 11.5 Å². The number of methoxy groups -OCH3 is 2. The highest BCUT2D eigenvalue weighted by atomic mass is 16.5. The third-order valence-corrected chi connectivity index (χ3v) is 6.61. The lowest BCUT2D eigenvalue weighted by atomic mass is 9.98. The van der Waals surface area contributed by atoms with Crippen LogP contribution in [0.2, 0.25) is 0 Å². The minimum absolute atomic E-state index is 0.0618. The number of aromatic nitrogens is 1. The topological polar surface area (TPSA) is 72.8 Å². The van der Waals surface area contributed by atoms with Crippen LogP contribution in [0.3, 0.4) is 0 Å². The Hall–Kier alpha value is -4.26. The maximum absolute atomic E-state index is 13.7. The Labute approximate surface area is 203 Å². The molecule has 2 heterocycles. The molecule has 3 aromatic carbocycles.